The number of carbonyl (C=O) groups excluding carboxylic acids is 1. The fourth-order valence-corrected chi connectivity index (χ4v) is 0. The second kappa shape index (κ2) is 2.21. The molecular weight excluding hydrogens is 147 g/mol. The molecule has 0 fully saturated rings. The van der Waals surface area contributed by atoms with Crippen molar-refractivity contribution in [3.63, 3.8) is 0 Å². The summed E-state index contributed by atoms with van der Waals surface area (Å²) in [5, 5.41) is 0. The van der Waals surface area contributed by atoms with Gasteiger partial charge in [-0.25, -0.2) is 0 Å². The van der Waals surface area contributed by atoms with Gasteiger partial charge in [-0.3, -0.25) is 0 Å². The molecular formula is C3H6O2Se. The molecule has 0 amide bonds. The topological polar surface area (TPSA) is 34.1 Å². The van der Waals surface area contributed by atoms with Crippen LogP contribution < -0.4 is 0 Å². The maximum atomic E-state index is 10.0. The second-order valence-corrected chi connectivity index (χ2v) is 4.06. The quantitative estimate of drug-likeness (QED) is 0.503. The van der Waals surface area contributed by atoms with Crippen molar-refractivity contribution >= 4 is 18.5 Å². The molecule has 6 heavy (non-hydrogen) atoms. The van der Waals surface area contributed by atoms with Crippen LogP contribution in [0.2, 0.25) is 5.82 Å². The number of hydrogen-bond donors (Lipinski definition) is 0. The molecule has 0 spiro atoms. The van der Waals surface area contributed by atoms with Gasteiger partial charge in [0.2, 0.25) is 0 Å². The molecule has 1 atom stereocenters. The molecule has 0 aromatic carbocycles. The Balaban J connectivity index is 3.57. The SMILES string of the molecule is CC(=O)[Se](C)=O. The Bertz CT molecular complexity index is 74.8. The van der Waals surface area contributed by atoms with E-state index in [-0.39, 0.29) is 4.68 Å². The zero-order valence-corrected chi connectivity index (χ0v) is 5.44. The van der Waals surface area contributed by atoms with Gasteiger partial charge in [0, 0.05) is 0 Å². The first-order valence-corrected chi connectivity index (χ1v) is 4.75. The monoisotopic (exact) mass is 154 g/mol. The summed E-state index contributed by atoms with van der Waals surface area (Å²) in [7, 11) is 0. The molecule has 0 aliphatic heterocycles. The Morgan fingerprint density at radius 3 is 1.83 bits per heavy atom. The van der Waals surface area contributed by atoms with Crippen molar-refractivity contribution in [1.82, 2.24) is 0 Å². The molecule has 0 rings (SSSR count). The summed E-state index contributed by atoms with van der Waals surface area (Å²) >= 11 is -2.02. The van der Waals surface area contributed by atoms with Crippen molar-refractivity contribution in [2.45, 2.75) is 12.7 Å². The normalized spacial score (nSPS) is 13.7. The third-order valence-electron chi connectivity index (χ3n) is 0.405. The minimum atomic E-state index is -2.02. The number of carbonyl (C=O) groups is 1. The van der Waals surface area contributed by atoms with Crippen molar-refractivity contribution in [3.05, 3.63) is 0 Å². The molecule has 0 aliphatic rings. The Labute approximate surface area is 40.6 Å². The number of hydrogen-bond acceptors (Lipinski definition) is 2. The van der Waals surface area contributed by atoms with Gasteiger partial charge in [-0.05, 0) is 0 Å². The molecule has 0 aliphatic carbocycles. The summed E-state index contributed by atoms with van der Waals surface area (Å²) in [4.78, 5) is 9.89. The Hall–Kier alpha value is -0.0105. The van der Waals surface area contributed by atoms with Crippen LogP contribution in [-0.2, 0) is 8.63 Å². The predicted molar refractivity (Wildman–Crippen MR) is 23.0 cm³/mol. The molecule has 0 saturated heterocycles. The standard InChI is InChI=1S/C3H6O2Se/c1-3(4)6(2)5/h1-2H3. The van der Waals surface area contributed by atoms with Gasteiger partial charge in [0.15, 0.2) is 0 Å². The average molecular weight is 153 g/mol. The van der Waals surface area contributed by atoms with E-state index in [1.165, 1.54) is 12.7 Å². The van der Waals surface area contributed by atoms with Gasteiger partial charge >= 0.3 is 39.9 Å². The third-order valence-corrected chi connectivity index (χ3v) is 2.10. The second-order valence-electron chi connectivity index (χ2n) is 0.946. The van der Waals surface area contributed by atoms with Crippen molar-refractivity contribution in [1.29, 1.82) is 0 Å². The van der Waals surface area contributed by atoms with Crippen molar-refractivity contribution in [2.75, 3.05) is 0 Å². The molecule has 0 radical (unpaired) electrons. The van der Waals surface area contributed by atoms with E-state index in [9.17, 15) is 8.63 Å². The zero-order chi connectivity index (χ0) is 5.15. The van der Waals surface area contributed by atoms with E-state index >= 15 is 0 Å². The van der Waals surface area contributed by atoms with Gasteiger partial charge in [-0.1, -0.05) is 0 Å². The van der Waals surface area contributed by atoms with Crippen LogP contribution in [0.3, 0.4) is 0 Å². The van der Waals surface area contributed by atoms with Crippen LogP contribution in [0.1, 0.15) is 6.92 Å². The van der Waals surface area contributed by atoms with Crippen molar-refractivity contribution < 1.29 is 8.63 Å². The van der Waals surface area contributed by atoms with Gasteiger partial charge in [0.05, 0.1) is 0 Å². The van der Waals surface area contributed by atoms with E-state index in [0.717, 1.165) is 0 Å². The van der Waals surface area contributed by atoms with Crippen LogP contribution in [0.4, 0.5) is 0 Å². The molecule has 0 aromatic heterocycles. The third kappa shape index (κ3) is 2.24. The van der Waals surface area contributed by atoms with Crippen LogP contribution in [0.15, 0.2) is 0 Å². The maximum absolute atomic E-state index is 10.0. The van der Waals surface area contributed by atoms with Crippen LogP contribution in [0.5, 0.6) is 0 Å². The van der Waals surface area contributed by atoms with Crippen LogP contribution >= 0.6 is 0 Å². The molecule has 1 unspecified atom stereocenters. The summed E-state index contributed by atoms with van der Waals surface area (Å²) in [5.41, 5.74) is 0. The van der Waals surface area contributed by atoms with Gasteiger partial charge < -0.3 is 0 Å². The summed E-state index contributed by atoms with van der Waals surface area (Å²) in [6, 6.07) is 0. The first-order valence-electron chi connectivity index (χ1n) is 1.48. The minimum absolute atomic E-state index is 0.171. The molecule has 0 aromatic rings. The zero-order valence-electron chi connectivity index (χ0n) is 3.72. The van der Waals surface area contributed by atoms with E-state index in [4.69, 9.17) is 0 Å². The fourth-order valence-electron chi connectivity index (χ4n) is 0. The Kier molecular flexibility index (Phi) is 2.21. The van der Waals surface area contributed by atoms with E-state index in [2.05, 4.69) is 0 Å². The fraction of sp³-hybridized carbons (Fsp3) is 0.667. The van der Waals surface area contributed by atoms with E-state index in [1.54, 1.807) is 0 Å². The molecule has 36 valence electrons. The molecule has 0 heterocycles. The van der Waals surface area contributed by atoms with E-state index in [1.807, 2.05) is 0 Å². The molecule has 0 saturated carbocycles. The van der Waals surface area contributed by atoms with E-state index in [0.29, 0.717) is 0 Å². The summed E-state index contributed by atoms with van der Waals surface area (Å²) in [6.07, 6.45) is 0. The van der Waals surface area contributed by atoms with Crippen LogP contribution in [0, 0.1) is 0 Å². The van der Waals surface area contributed by atoms with Gasteiger partial charge in [-0.15, -0.1) is 0 Å². The van der Waals surface area contributed by atoms with Crippen LogP contribution in [0.25, 0.3) is 0 Å². The Morgan fingerprint density at radius 2 is 1.83 bits per heavy atom. The van der Waals surface area contributed by atoms with Gasteiger partial charge in [-0.2, -0.15) is 0 Å². The van der Waals surface area contributed by atoms with E-state index < -0.39 is 13.8 Å². The van der Waals surface area contributed by atoms with Gasteiger partial charge in [0.25, 0.3) is 0 Å². The predicted octanol–water partition coefficient (Wildman–Crippen LogP) is 0.166. The average Bonchev–Trinajstić information content (AvgIpc) is 1.36. The summed E-state index contributed by atoms with van der Waals surface area (Å²) in [5.74, 6) is 1.46. The van der Waals surface area contributed by atoms with Crippen LogP contribution in [-0.4, -0.2) is 18.5 Å². The molecule has 0 bridgehead atoms. The summed E-state index contributed by atoms with van der Waals surface area (Å²) < 4.78 is 9.83. The Morgan fingerprint density at radius 1 is 1.67 bits per heavy atom. The molecule has 2 nitrogen and oxygen atoms in total. The first-order chi connectivity index (χ1) is 2.64. The molecule has 3 heteroatoms. The van der Waals surface area contributed by atoms with Crippen molar-refractivity contribution in [3.8, 4) is 0 Å². The number of rotatable bonds is 1. The first kappa shape index (κ1) is 5.99. The summed E-state index contributed by atoms with van der Waals surface area (Å²) in [6.45, 7) is 1.34. The van der Waals surface area contributed by atoms with Gasteiger partial charge in [0.1, 0.15) is 0 Å². The van der Waals surface area contributed by atoms with Crippen molar-refractivity contribution in [2.24, 2.45) is 0 Å². The molecule has 0 N–H and O–H groups in total.